The van der Waals surface area contributed by atoms with E-state index >= 15 is 0 Å². The lowest BCUT2D eigenvalue weighted by Crippen LogP contribution is -2.26. The summed E-state index contributed by atoms with van der Waals surface area (Å²) >= 11 is 0. The van der Waals surface area contributed by atoms with E-state index in [-0.39, 0.29) is 11.2 Å². The van der Waals surface area contributed by atoms with Crippen molar-refractivity contribution in [2.24, 2.45) is 0 Å². The monoisotopic (exact) mass is 158 g/mol. The Bertz CT molecular complexity index is 262. The molecule has 0 radical (unpaired) electrons. The summed E-state index contributed by atoms with van der Waals surface area (Å²) in [6.45, 7) is 0. The van der Waals surface area contributed by atoms with E-state index < -0.39 is 5.97 Å². The van der Waals surface area contributed by atoms with Crippen LogP contribution in [0, 0.1) is 5.21 Å². The smallest absolute Gasteiger partial charge is 0.360 e. The maximum Gasteiger partial charge on any atom is 0.360 e. The molecule has 0 bridgehead atoms. The molecule has 0 unspecified atom stereocenters. The molecule has 0 aromatic carbocycles. The third-order valence-electron chi connectivity index (χ3n) is 0.896. The van der Waals surface area contributed by atoms with Crippen molar-refractivity contribution in [3.8, 4) is 0 Å². The van der Waals surface area contributed by atoms with E-state index in [1.807, 2.05) is 0 Å². The maximum atomic E-state index is 10.4. The first kappa shape index (κ1) is 9.31. The molecule has 0 saturated heterocycles. The molecule has 1 aromatic rings. The van der Waals surface area contributed by atoms with E-state index in [9.17, 15) is 10.0 Å². The van der Waals surface area contributed by atoms with Crippen LogP contribution in [-0.4, -0.2) is 21.5 Å². The van der Waals surface area contributed by atoms with E-state index in [2.05, 4.69) is 4.98 Å². The summed E-state index contributed by atoms with van der Waals surface area (Å²) in [4.78, 5) is 13.6. The molecule has 0 aliphatic heterocycles. The Morgan fingerprint density at radius 3 is 2.73 bits per heavy atom. The van der Waals surface area contributed by atoms with Crippen LogP contribution < -0.4 is 4.73 Å². The predicted molar refractivity (Wildman–Crippen MR) is 33.8 cm³/mol. The van der Waals surface area contributed by atoms with Gasteiger partial charge in [0.25, 0.3) is 0 Å². The highest BCUT2D eigenvalue weighted by atomic mass is 16.5. The van der Waals surface area contributed by atoms with Crippen molar-refractivity contribution < 1.29 is 20.1 Å². The highest BCUT2D eigenvalue weighted by molar-refractivity contribution is 5.84. The van der Waals surface area contributed by atoms with Gasteiger partial charge in [0.05, 0.1) is 6.20 Å². The van der Waals surface area contributed by atoms with E-state index in [1.165, 1.54) is 0 Å². The zero-order valence-electron chi connectivity index (χ0n) is 5.39. The molecule has 0 aliphatic carbocycles. The van der Waals surface area contributed by atoms with E-state index in [0.29, 0.717) is 4.73 Å². The van der Waals surface area contributed by atoms with E-state index in [0.717, 1.165) is 18.6 Å². The van der Waals surface area contributed by atoms with Gasteiger partial charge in [0.15, 0.2) is 6.20 Å². The lowest BCUT2D eigenvalue weighted by Gasteiger charge is -1.93. The van der Waals surface area contributed by atoms with Crippen molar-refractivity contribution in [2.75, 3.05) is 0 Å². The number of hydrogen-bond donors (Lipinski definition) is 1. The zero-order valence-corrected chi connectivity index (χ0v) is 5.39. The standard InChI is InChI=1S/C5H4N2O3.H2O/c8-5(9)4-3-7(10)2-1-6-4;/h1-3H,(H,8,9);1H2. The van der Waals surface area contributed by atoms with Crippen LogP contribution in [-0.2, 0) is 0 Å². The second-order valence-corrected chi connectivity index (χ2v) is 1.61. The summed E-state index contributed by atoms with van der Waals surface area (Å²) in [5, 5.41) is 18.7. The summed E-state index contributed by atoms with van der Waals surface area (Å²) in [5.41, 5.74) is -0.252. The molecule has 1 heterocycles. The summed E-state index contributed by atoms with van der Waals surface area (Å²) in [7, 11) is 0. The van der Waals surface area contributed by atoms with Crippen molar-refractivity contribution in [1.82, 2.24) is 4.98 Å². The molecule has 0 atom stereocenters. The minimum absolute atomic E-state index is 0. The van der Waals surface area contributed by atoms with Crippen molar-refractivity contribution in [2.45, 2.75) is 0 Å². The molecule has 60 valence electrons. The Hall–Kier alpha value is -1.69. The minimum Gasteiger partial charge on any atom is -0.619 e. The second-order valence-electron chi connectivity index (χ2n) is 1.61. The molecule has 0 fully saturated rings. The number of carboxylic acid groups (broad SMARTS) is 1. The fourth-order valence-electron chi connectivity index (χ4n) is 0.487. The highest BCUT2D eigenvalue weighted by Crippen LogP contribution is 1.85. The molecule has 3 N–H and O–H groups in total. The Balaban J connectivity index is 0.000001000. The van der Waals surface area contributed by atoms with Crippen molar-refractivity contribution in [3.05, 3.63) is 29.5 Å². The molecule has 6 heteroatoms. The third kappa shape index (κ3) is 2.18. The van der Waals surface area contributed by atoms with Gasteiger partial charge in [0, 0.05) is 0 Å². The van der Waals surface area contributed by atoms with Crippen LogP contribution in [0.15, 0.2) is 18.6 Å². The number of aromatic nitrogens is 2. The average Bonchev–Trinajstić information content (AvgIpc) is 1.88. The number of carbonyl (C=O) groups is 1. The summed E-state index contributed by atoms with van der Waals surface area (Å²) in [6, 6.07) is 0. The Morgan fingerprint density at radius 1 is 1.73 bits per heavy atom. The van der Waals surface area contributed by atoms with Crippen molar-refractivity contribution >= 4 is 5.97 Å². The number of nitrogens with zero attached hydrogens (tertiary/aromatic N) is 2. The topological polar surface area (TPSA) is 109 Å². The first-order valence-corrected chi connectivity index (χ1v) is 2.48. The first-order valence-electron chi connectivity index (χ1n) is 2.48. The van der Waals surface area contributed by atoms with Gasteiger partial charge in [0.1, 0.15) is 0 Å². The molecule has 11 heavy (non-hydrogen) atoms. The summed E-state index contributed by atoms with van der Waals surface area (Å²) < 4.78 is 0.385. The molecular formula is C5H6N2O4. The van der Waals surface area contributed by atoms with Crippen LogP contribution >= 0.6 is 0 Å². The molecule has 0 saturated carbocycles. The highest BCUT2D eigenvalue weighted by Gasteiger charge is 2.06. The quantitative estimate of drug-likeness (QED) is 0.400. The lowest BCUT2D eigenvalue weighted by atomic mass is 10.5. The summed E-state index contributed by atoms with van der Waals surface area (Å²) in [5.74, 6) is -1.20. The van der Waals surface area contributed by atoms with Gasteiger partial charge < -0.3 is 15.8 Å². The van der Waals surface area contributed by atoms with Crippen molar-refractivity contribution in [1.29, 1.82) is 0 Å². The third-order valence-corrected chi connectivity index (χ3v) is 0.896. The van der Waals surface area contributed by atoms with E-state index in [4.69, 9.17) is 5.11 Å². The van der Waals surface area contributed by atoms with Gasteiger partial charge in [-0.1, -0.05) is 0 Å². The largest absolute Gasteiger partial charge is 0.619 e. The SMILES string of the molecule is O.O=C(O)c1c[n+]([O-])ccn1. The molecule has 1 rings (SSSR count). The lowest BCUT2D eigenvalue weighted by molar-refractivity contribution is -0.606. The van der Waals surface area contributed by atoms with Crippen LogP contribution in [0.2, 0.25) is 0 Å². The number of aromatic carboxylic acids is 1. The molecule has 0 spiro atoms. The van der Waals surface area contributed by atoms with Crippen LogP contribution in [0.4, 0.5) is 0 Å². The van der Waals surface area contributed by atoms with Crippen LogP contribution in [0.1, 0.15) is 10.5 Å². The van der Waals surface area contributed by atoms with Gasteiger partial charge >= 0.3 is 5.97 Å². The van der Waals surface area contributed by atoms with Crippen LogP contribution in [0.5, 0.6) is 0 Å². The first-order chi connectivity index (χ1) is 4.70. The van der Waals surface area contributed by atoms with Gasteiger partial charge in [0.2, 0.25) is 11.9 Å². The van der Waals surface area contributed by atoms with Crippen LogP contribution in [0.3, 0.4) is 0 Å². The van der Waals surface area contributed by atoms with Gasteiger partial charge in [-0.3, -0.25) is 0 Å². The Labute approximate surface area is 61.6 Å². The zero-order chi connectivity index (χ0) is 7.56. The second kappa shape index (κ2) is 3.47. The molecule has 1 aromatic heterocycles. The number of carboxylic acids is 1. The average molecular weight is 158 g/mol. The minimum atomic E-state index is -1.20. The summed E-state index contributed by atoms with van der Waals surface area (Å²) in [6.07, 6.45) is 3.14. The van der Waals surface area contributed by atoms with Crippen LogP contribution in [0.25, 0.3) is 0 Å². The van der Waals surface area contributed by atoms with Crippen molar-refractivity contribution in [3.63, 3.8) is 0 Å². The fraction of sp³-hybridized carbons (Fsp3) is 0. The number of hydrogen-bond acceptors (Lipinski definition) is 3. The maximum absolute atomic E-state index is 10.4. The van der Waals surface area contributed by atoms with Gasteiger partial charge in [-0.2, -0.15) is 4.73 Å². The normalized spacial score (nSPS) is 8.36. The Kier molecular flexibility index (Phi) is 2.94. The predicted octanol–water partition coefficient (Wildman–Crippen LogP) is -1.41. The Morgan fingerprint density at radius 2 is 2.36 bits per heavy atom. The molecule has 6 nitrogen and oxygen atoms in total. The molecular weight excluding hydrogens is 152 g/mol. The molecule has 0 amide bonds. The number of rotatable bonds is 1. The van der Waals surface area contributed by atoms with E-state index in [1.54, 1.807) is 0 Å². The van der Waals surface area contributed by atoms with Gasteiger partial charge in [-0.15, -0.1) is 0 Å². The fourth-order valence-corrected chi connectivity index (χ4v) is 0.487. The van der Waals surface area contributed by atoms with Gasteiger partial charge in [-0.05, 0) is 0 Å². The molecule has 0 aliphatic rings. The van der Waals surface area contributed by atoms with Gasteiger partial charge in [-0.25, -0.2) is 9.78 Å².